The van der Waals surface area contributed by atoms with E-state index in [-0.39, 0.29) is 6.54 Å². The van der Waals surface area contributed by atoms with Gasteiger partial charge in [-0.2, -0.15) is 13.2 Å². The molecule has 0 atom stereocenters. The van der Waals surface area contributed by atoms with Crippen LogP contribution < -0.4 is 0 Å². The maximum Gasteiger partial charge on any atom is 0.395 e. The highest BCUT2D eigenvalue weighted by Gasteiger charge is 2.58. The summed E-state index contributed by atoms with van der Waals surface area (Å²) in [5.74, 6) is 0.544. The fourth-order valence-corrected chi connectivity index (χ4v) is 5.98. The second kappa shape index (κ2) is 10.5. The van der Waals surface area contributed by atoms with Crippen molar-refractivity contribution in [1.29, 1.82) is 0 Å². The number of nitrogens with zero attached hydrogens (tertiary/aromatic N) is 4. The second-order valence-electron chi connectivity index (χ2n) is 11.0. The minimum atomic E-state index is -4.07. The number of hydrogen-bond acceptors (Lipinski definition) is 4. The largest absolute Gasteiger partial charge is 0.395 e. The summed E-state index contributed by atoms with van der Waals surface area (Å²) >= 11 is 0. The van der Waals surface area contributed by atoms with E-state index in [1.807, 2.05) is 17.3 Å². The van der Waals surface area contributed by atoms with Gasteiger partial charge in [0.1, 0.15) is 0 Å². The van der Waals surface area contributed by atoms with Gasteiger partial charge in [0.2, 0.25) is 0 Å². The zero-order valence-corrected chi connectivity index (χ0v) is 21.1. The van der Waals surface area contributed by atoms with E-state index in [2.05, 4.69) is 45.7 Å². The van der Waals surface area contributed by atoms with Crippen LogP contribution in [-0.4, -0.2) is 58.7 Å². The van der Waals surface area contributed by atoms with Crippen LogP contribution in [-0.2, 0) is 6.42 Å². The van der Waals surface area contributed by atoms with Gasteiger partial charge in [-0.1, -0.05) is 37.3 Å². The molecule has 2 aromatic rings. The number of benzene rings is 1. The quantitative estimate of drug-likeness (QED) is 0.411. The third kappa shape index (κ3) is 5.46. The third-order valence-corrected chi connectivity index (χ3v) is 8.66. The average Bonchev–Trinajstić information content (AvgIpc) is 3.40. The van der Waals surface area contributed by atoms with Gasteiger partial charge >= 0.3 is 6.18 Å². The van der Waals surface area contributed by atoms with Crippen molar-refractivity contribution in [2.24, 2.45) is 11.3 Å². The summed E-state index contributed by atoms with van der Waals surface area (Å²) in [6, 6.07) is 8.39. The molecule has 1 aromatic carbocycles. The first-order valence-electron chi connectivity index (χ1n) is 13.5. The van der Waals surface area contributed by atoms with E-state index in [9.17, 15) is 13.2 Å². The molecule has 1 saturated carbocycles. The first-order valence-corrected chi connectivity index (χ1v) is 13.5. The molecule has 0 bridgehead atoms. The van der Waals surface area contributed by atoms with E-state index >= 15 is 0 Å². The van der Waals surface area contributed by atoms with Gasteiger partial charge in [-0.05, 0) is 75.9 Å². The molecule has 7 heteroatoms. The lowest BCUT2D eigenvalue weighted by atomic mass is 9.67. The molecule has 4 nitrogen and oxygen atoms in total. The Morgan fingerprint density at radius 1 is 0.944 bits per heavy atom. The zero-order chi connectivity index (χ0) is 25.2. The predicted molar refractivity (Wildman–Crippen MR) is 137 cm³/mol. The van der Waals surface area contributed by atoms with E-state index in [4.69, 9.17) is 0 Å². The summed E-state index contributed by atoms with van der Waals surface area (Å²) in [7, 11) is 0. The number of piperidine rings is 1. The van der Waals surface area contributed by atoms with E-state index in [1.54, 1.807) is 0 Å². The Bertz CT molecular complexity index is 1010. The van der Waals surface area contributed by atoms with Crippen LogP contribution in [0.5, 0.6) is 0 Å². The molecular formula is C29H37F3N4. The molecule has 2 saturated heterocycles. The van der Waals surface area contributed by atoms with Gasteiger partial charge in [-0.25, -0.2) is 0 Å². The Balaban J connectivity index is 1.08. The minimum absolute atomic E-state index is 0.184. The standard InChI is InChI=1S/C29H37F3N4/c1-22(36-15-2-3-16-36)24-6-8-25(9-7-24)27-20-33-26(19-34-27)10-5-23-11-17-35(18-12-23)21-28(13-4-14-28)29(30,31)32/h6-9,19-20,23H,1-5,10-18,21H2. The number of hydrogen-bond donors (Lipinski definition) is 0. The van der Waals surface area contributed by atoms with Crippen LogP contribution in [0.2, 0.25) is 0 Å². The number of aryl methyl sites for hydroxylation is 1. The topological polar surface area (TPSA) is 32.3 Å². The fourth-order valence-electron chi connectivity index (χ4n) is 5.98. The van der Waals surface area contributed by atoms with Gasteiger partial charge in [-0.3, -0.25) is 9.97 Å². The van der Waals surface area contributed by atoms with Crippen LogP contribution in [0.1, 0.15) is 62.6 Å². The van der Waals surface area contributed by atoms with Crippen LogP contribution in [0.4, 0.5) is 13.2 Å². The molecule has 0 unspecified atom stereocenters. The Labute approximate surface area is 212 Å². The molecular weight excluding hydrogens is 461 g/mol. The molecule has 0 amide bonds. The smallest absolute Gasteiger partial charge is 0.372 e. The van der Waals surface area contributed by atoms with Crippen LogP contribution in [0.25, 0.3) is 17.0 Å². The van der Waals surface area contributed by atoms with Gasteiger partial charge < -0.3 is 9.80 Å². The van der Waals surface area contributed by atoms with Crippen molar-refractivity contribution < 1.29 is 13.2 Å². The molecule has 3 aliphatic rings. The minimum Gasteiger partial charge on any atom is -0.372 e. The van der Waals surface area contributed by atoms with Gasteiger partial charge in [0.15, 0.2) is 0 Å². The molecule has 1 aliphatic carbocycles. The van der Waals surface area contributed by atoms with Gasteiger partial charge in [-0.15, -0.1) is 0 Å². The predicted octanol–water partition coefficient (Wildman–Crippen LogP) is 6.59. The molecule has 0 spiro atoms. The van der Waals surface area contributed by atoms with Gasteiger partial charge in [0.05, 0.1) is 23.0 Å². The van der Waals surface area contributed by atoms with E-state index < -0.39 is 11.6 Å². The van der Waals surface area contributed by atoms with Crippen molar-refractivity contribution in [3.8, 4) is 11.3 Å². The molecule has 36 heavy (non-hydrogen) atoms. The Morgan fingerprint density at radius 3 is 2.19 bits per heavy atom. The monoisotopic (exact) mass is 498 g/mol. The average molecular weight is 499 g/mol. The first kappa shape index (κ1) is 25.2. The lowest BCUT2D eigenvalue weighted by molar-refractivity contribution is -0.256. The van der Waals surface area contributed by atoms with Crippen molar-refractivity contribution in [1.82, 2.24) is 19.8 Å². The summed E-state index contributed by atoms with van der Waals surface area (Å²) < 4.78 is 40.5. The Morgan fingerprint density at radius 2 is 1.64 bits per heavy atom. The number of rotatable bonds is 8. The highest BCUT2D eigenvalue weighted by molar-refractivity contribution is 5.66. The molecule has 1 aromatic heterocycles. The number of likely N-dealkylation sites (tertiary alicyclic amines) is 2. The summed E-state index contributed by atoms with van der Waals surface area (Å²) in [5.41, 5.74) is 3.68. The van der Waals surface area contributed by atoms with Crippen molar-refractivity contribution in [2.45, 2.75) is 64.0 Å². The van der Waals surface area contributed by atoms with Crippen LogP contribution >= 0.6 is 0 Å². The Hall–Kier alpha value is -2.41. The summed E-state index contributed by atoms with van der Waals surface area (Å²) in [6.07, 6.45) is 7.21. The van der Waals surface area contributed by atoms with E-state index in [1.165, 1.54) is 12.8 Å². The summed E-state index contributed by atoms with van der Waals surface area (Å²) in [4.78, 5) is 13.7. The van der Waals surface area contributed by atoms with Gasteiger partial charge in [0.25, 0.3) is 0 Å². The van der Waals surface area contributed by atoms with Crippen molar-refractivity contribution in [2.75, 3.05) is 32.7 Å². The zero-order valence-electron chi connectivity index (χ0n) is 21.1. The molecule has 0 N–H and O–H groups in total. The lowest BCUT2D eigenvalue weighted by Gasteiger charge is -2.47. The normalized spacial score (nSPS) is 20.9. The van der Waals surface area contributed by atoms with Crippen LogP contribution in [0, 0.1) is 11.3 Å². The van der Waals surface area contributed by atoms with Crippen molar-refractivity contribution >= 4 is 5.70 Å². The fraction of sp³-hybridized carbons (Fsp3) is 0.586. The van der Waals surface area contributed by atoms with Gasteiger partial charge in [0, 0.05) is 37.1 Å². The number of aromatic nitrogens is 2. The van der Waals surface area contributed by atoms with E-state index in [0.717, 1.165) is 80.1 Å². The third-order valence-electron chi connectivity index (χ3n) is 8.66. The van der Waals surface area contributed by atoms with Crippen molar-refractivity contribution in [3.63, 3.8) is 0 Å². The molecule has 2 aliphatic heterocycles. The van der Waals surface area contributed by atoms with E-state index in [0.29, 0.717) is 25.2 Å². The molecule has 194 valence electrons. The molecule has 3 heterocycles. The maximum absolute atomic E-state index is 13.5. The van der Waals surface area contributed by atoms with Crippen LogP contribution in [0.3, 0.4) is 0 Å². The second-order valence-corrected chi connectivity index (χ2v) is 11.0. The van der Waals surface area contributed by atoms with Crippen molar-refractivity contribution in [3.05, 3.63) is 54.5 Å². The number of alkyl halides is 3. The van der Waals surface area contributed by atoms with Crippen LogP contribution in [0.15, 0.2) is 43.2 Å². The molecule has 5 rings (SSSR count). The highest BCUT2D eigenvalue weighted by Crippen LogP contribution is 2.53. The molecule has 0 radical (unpaired) electrons. The maximum atomic E-state index is 13.5. The number of halogens is 3. The molecule has 3 fully saturated rings. The SMILES string of the molecule is C=C(c1ccc(-c2cnc(CCC3CCN(CC4(C(F)(F)F)CCC4)CC3)cn2)cc1)N1CCCC1. The highest BCUT2D eigenvalue weighted by atomic mass is 19.4. The summed E-state index contributed by atoms with van der Waals surface area (Å²) in [6.45, 7) is 8.17. The Kier molecular flexibility index (Phi) is 7.38. The lowest BCUT2D eigenvalue weighted by Crippen LogP contribution is -2.53. The first-order chi connectivity index (χ1) is 17.3. The summed E-state index contributed by atoms with van der Waals surface area (Å²) in [5, 5.41) is 0.